The van der Waals surface area contributed by atoms with Crippen LogP contribution < -0.4 is 0 Å². The highest BCUT2D eigenvalue weighted by molar-refractivity contribution is 6.17. The van der Waals surface area contributed by atoms with E-state index in [2.05, 4.69) is 154 Å². The summed E-state index contributed by atoms with van der Waals surface area (Å²) < 4.78 is 0. The van der Waals surface area contributed by atoms with E-state index in [4.69, 9.17) is 0 Å². The monoisotopic (exact) mass is 586 g/mol. The first-order valence-electron chi connectivity index (χ1n) is 15.6. The fourth-order valence-electron chi connectivity index (χ4n) is 7.03. The Morgan fingerprint density at radius 2 is 0.630 bits per heavy atom. The molecule has 7 aromatic carbocycles. The predicted octanol–water partition coefficient (Wildman–Crippen LogP) is 13.2. The van der Waals surface area contributed by atoms with Gasteiger partial charge >= 0.3 is 0 Å². The normalized spacial score (nSPS) is 11.0. The SMILES string of the molecule is C=Cc1c(-c2ccccc2)ccc(-c2c(C=C)c(C=C)c(-c3ccc(-c4ccccc4)c4ccccc34)c3ccccc23)c1C=C. The molecule has 0 aromatic heterocycles. The minimum Gasteiger partial charge on any atom is -0.0984 e. The molecule has 0 amide bonds. The fourth-order valence-corrected chi connectivity index (χ4v) is 7.03. The molecule has 0 aliphatic rings. The molecule has 0 saturated carbocycles. The van der Waals surface area contributed by atoms with Crippen LogP contribution in [-0.4, -0.2) is 0 Å². The molecule has 0 spiro atoms. The first kappa shape index (κ1) is 28.8. The summed E-state index contributed by atoms with van der Waals surface area (Å²) in [6.45, 7) is 17.2. The zero-order valence-corrected chi connectivity index (χ0v) is 25.8. The summed E-state index contributed by atoms with van der Waals surface area (Å²) in [6, 6.07) is 47.4. The molecule has 0 radical (unpaired) electrons. The molecule has 218 valence electrons. The van der Waals surface area contributed by atoms with Crippen molar-refractivity contribution in [3.05, 3.63) is 182 Å². The molecule has 0 unspecified atom stereocenters. The largest absolute Gasteiger partial charge is 0.0984 e. The molecule has 7 rings (SSSR count). The quantitative estimate of drug-likeness (QED) is 0.166. The van der Waals surface area contributed by atoms with Gasteiger partial charge in [0, 0.05) is 0 Å². The maximum atomic E-state index is 4.36. The van der Waals surface area contributed by atoms with E-state index in [1.54, 1.807) is 0 Å². The van der Waals surface area contributed by atoms with Gasteiger partial charge in [0.1, 0.15) is 0 Å². The van der Waals surface area contributed by atoms with Crippen LogP contribution in [0, 0.1) is 0 Å². The van der Waals surface area contributed by atoms with E-state index in [1.165, 1.54) is 27.5 Å². The lowest BCUT2D eigenvalue weighted by Crippen LogP contribution is -1.99. The summed E-state index contributed by atoms with van der Waals surface area (Å²) in [5, 5.41) is 4.74. The summed E-state index contributed by atoms with van der Waals surface area (Å²) in [7, 11) is 0. The Balaban J connectivity index is 1.57. The van der Waals surface area contributed by atoms with Crippen LogP contribution in [0.5, 0.6) is 0 Å². The van der Waals surface area contributed by atoms with Gasteiger partial charge in [0.05, 0.1) is 0 Å². The van der Waals surface area contributed by atoms with Crippen molar-refractivity contribution in [1.29, 1.82) is 0 Å². The molecule has 46 heavy (non-hydrogen) atoms. The van der Waals surface area contributed by atoms with E-state index in [0.29, 0.717) is 0 Å². The van der Waals surface area contributed by atoms with Crippen LogP contribution in [0.25, 0.3) is 90.4 Å². The van der Waals surface area contributed by atoms with Gasteiger partial charge in [0.25, 0.3) is 0 Å². The van der Waals surface area contributed by atoms with Crippen molar-refractivity contribution in [3.63, 3.8) is 0 Å². The van der Waals surface area contributed by atoms with Crippen molar-refractivity contribution in [2.45, 2.75) is 0 Å². The van der Waals surface area contributed by atoms with Crippen LogP contribution in [-0.2, 0) is 0 Å². The van der Waals surface area contributed by atoms with Gasteiger partial charge in [-0.3, -0.25) is 0 Å². The maximum absolute atomic E-state index is 4.36. The van der Waals surface area contributed by atoms with Gasteiger partial charge in [-0.05, 0) is 88.3 Å². The van der Waals surface area contributed by atoms with Crippen LogP contribution in [0.4, 0.5) is 0 Å². The molecular weight excluding hydrogens is 553 g/mol. The fraction of sp³-hybridized carbons (Fsp3) is 0. The summed E-state index contributed by atoms with van der Waals surface area (Å²) in [5.74, 6) is 0. The van der Waals surface area contributed by atoms with Crippen molar-refractivity contribution in [1.82, 2.24) is 0 Å². The van der Waals surface area contributed by atoms with Gasteiger partial charge in [-0.2, -0.15) is 0 Å². The summed E-state index contributed by atoms with van der Waals surface area (Å²) in [4.78, 5) is 0. The van der Waals surface area contributed by atoms with Gasteiger partial charge in [-0.15, -0.1) is 0 Å². The van der Waals surface area contributed by atoms with E-state index >= 15 is 0 Å². The summed E-state index contributed by atoms with van der Waals surface area (Å²) in [6.07, 6.45) is 7.87. The first-order chi connectivity index (χ1) is 22.7. The third-order valence-electron chi connectivity index (χ3n) is 9.03. The third kappa shape index (κ3) is 4.64. The van der Waals surface area contributed by atoms with E-state index < -0.39 is 0 Å². The Labute approximate surface area is 271 Å². The molecule has 0 fully saturated rings. The Bertz CT molecular complexity index is 2300. The second kappa shape index (κ2) is 12.2. The Morgan fingerprint density at radius 1 is 0.283 bits per heavy atom. The van der Waals surface area contributed by atoms with Crippen LogP contribution in [0.2, 0.25) is 0 Å². The average Bonchev–Trinajstić information content (AvgIpc) is 3.13. The van der Waals surface area contributed by atoms with Crippen molar-refractivity contribution in [2.24, 2.45) is 0 Å². The number of benzene rings is 7. The topological polar surface area (TPSA) is 0 Å². The highest BCUT2D eigenvalue weighted by atomic mass is 14.3. The number of hydrogen-bond acceptors (Lipinski definition) is 0. The predicted molar refractivity (Wildman–Crippen MR) is 204 cm³/mol. The van der Waals surface area contributed by atoms with Crippen LogP contribution in [0.1, 0.15) is 22.3 Å². The lowest BCUT2D eigenvalue weighted by atomic mass is 9.80. The summed E-state index contributed by atoms with van der Waals surface area (Å²) in [5.41, 5.74) is 13.4. The Morgan fingerprint density at radius 3 is 1.15 bits per heavy atom. The number of rotatable bonds is 8. The molecule has 0 saturated heterocycles. The van der Waals surface area contributed by atoms with Crippen molar-refractivity contribution < 1.29 is 0 Å². The van der Waals surface area contributed by atoms with Crippen molar-refractivity contribution in [2.75, 3.05) is 0 Å². The molecular formula is C46H34. The lowest BCUT2D eigenvalue weighted by molar-refractivity contribution is 1.54. The van der Waals surface area contributed by atoms with Crippen LogP contribution in [0.3, 0.4) is 0 Å². The van der Waals surface area contributed by atoms with E-state index in [-0.39, 0.29) is 0 Å². The zero-order valence-electron chi connectivity index (χ0n) is 25.8. The second-order valence-electron chi connectivity index (χ2n) is 11.4. The van der Waals surface area contributed by atoms with Crippen molar-refractivity contribution >= 4 is 45.8 Å². The lowest BCUT2D eigenvalue weighted by Gasteiger charge is -2.23. The smallest absolute Gasteiger partial charge is 0.00203 e. The van der Waals surface area contributed by atoms with E-state index in [9.17, 15) is 0 Å². The molecule has 0 heteroatoms. The molecule has 0 N–H and O–H groups in total. The highest BCUT2D eigenvalue weighted by Gasteiger charge is 2.23. The minimum absolute atomic E-state index is 1.05. The van der Waals surface area contributed by atoms with Gasteiger partial charge in [-0.25, -0.2) is 0 Å². The molecule has 7 aromatic rings. The Kier molecular flexibility index (Phi) is 7.62. The minimum atomic E-state index is 1.05. The number of fused-ring (bicyclic) bond motifs is 2. The van der Waals surface area contributed by atoms with Gasteiger partial charge < -0.3 is 0 Å². The van der Waals surface area contributed by atoms with Gasteiger partial charge in [0.2, 0.25) is 0 Å². The van der Waals surface area contributed by atoms with Gasteiger partial charge in [-0.1, -0.05) is 184 Å². The molecule has 0 heterocycles. The van der Waals surface area contributed by atoms with Crippen LogP contribution >= 0.6 is 0 Å². The molecule has 0 atom stereocenters. The third-order valence-corrected chi connectivity index (χ3v) is 9.03. The average molecular weight is 587 g/mol. The van der Waals surface area contributed by atoms with E-state index in [0.717, 1.165) is 60.8 Å². The molecule has 0 aliphatic carbocycles. The zero-order chi connectivity index (χ0) is 31.6. The maximum Gasteiger partial charge on any atom is -0.00203 e. The molecule has 0 nitrogen and oxygen atoms in total. The highest BCUT2D eigenvalue weighted by Crippen LogP contribution is 2.47. The molecule has 0 bridgehead atoms. The van der Waals surface area contributed by atoms with Gasteiger partial charge in [0.15, 0.2) is 0 Å². The van der Waals surface area contributed by atoms with Crippen molar-refractivity contribution in [3.8, 4) is 44.5 Å². The summed E-state index contributed by atoms with van der Waals surface area (Å²) >= 11 is 0. The van der Waals surface area contributed by atoms with E-state index in [1.807, 2.05) is 30.4 Å². The van der Waals surface area contributed by atoms with Crippen LogP contribution in [0.15, 0.2) is 160 Å². The second-order valence-corrected chi connectivity index (χ2v) is 11.4. The first-order valence-corrected chi connectivity index (χ1v) is 15.6. The Hall–Kier alpha value is -5.98. The molecule has 0 aliphatic heterocycles. The number of hydrogen-bond donors (Lipinski definition) is 0. The standard InChI is InChI=1S/C46H34/c1-5-33-34(6-2)43(29-27-37(33)31-19-11-9-12-20-31)45-35(7-3)36(8-4)46(42-26-18-17-25-41(42)45)44-30-28-38(32-21-13-10-14-22-32)39-23-15-16-24-40(39)44/h5-30H,1-4H2.